The van der Waals surface area contributed by atoms with E-state index in [9.17, 15) is 4.79 Å². The molecular weight excluding hydrogens is 366 g/mol. The Kier molecular flexibility index (Phi) is 6.49. The Labute approximate surface area is 171 Å². The Balaban J connectivity index is 1.65. The van der Waals surface area contributed by atoms with Gasteiger partial charge in [0.05, 0.1) is 18.5 Å². The second-order valence-electron chi connectivity index (χ2n) is 6.76. The Bertz CT molecular complexity index is 983. The largest absolute Gasteiger partial charge is 0.497 e. The van der Waals surface area contributed by atoms with Gasteiger partial charge in [0.2, 0.25) is 0 Å². The molecule has 7 nitrogen and oxygen atoms in total. The molecule has 0 atom stereocenters. The summed E-state index contributed by atoms with van der Waals surface area (Å²) in [6, 6.07) is 15.7. The molecule has 0 aliphatic carbocycles. The minimum Gasteiger partial charge on any atom is -0.497 e. The van der Waals surface area contributed by atoms with E-state index >= 15 is 0 Å². The lowest BCUT2D eigenvalue weighted by Gasteiger charge is -2.25. The third-order valence-electron chi connectivity index (χ3n) is 4.91. The molecule has 0 aliphatic rings. The predicted molar refractivity (Wildman–Crippen MR) is 114 cm³/mol. The van der Waals surface area contributed by atoms with Crippen LogP contribution in [0.4, 0.5) is 5.69 Å². The van der Waals surface area contributed by atoms with Gasteiger partial charge in [0.1, 0.15) is 5.75 Å². The van der Waals surface area contributed by atoms with Crippen molar-refractivity contribution in [2.24, 2.45) is 0 Å². The van der Waals surface area contributed by atoms with Gasteiger partial charge in [0.25, 0.3) is 5.91 Å². The number of benzene rings is 2. The zero-order chi connectivity index (χ0) is 20.8. The number of likely N-dealkylation sites (N-methyl/N-ethyl adjacent to an activating group) is 1. The number of anilines is 1. The molecule has 1 aromatic heterocycles. The zero-order valence-corrected chi connectivity index (χ0v) is 17.3. The Morgan fingerprint density at radius 3 is 2.69 bits per heavy atom. The summed E-state index contributed by atoms with van der Waals surface area (Å²) in [7, 11) is 1.61. The smallest absolute Gasteiger partial charge is 0.273 e. The maximum atomic E-state index is 12.6. The first-order chi connectivity index (χ1) is 14.0. The topological polar surface area (TPSA) is 72.3 Å². The van der Waals surface area contributed by atoms with Gasteiger partial charge in [-0.1, -0.05) is 29.5 Å². The highest BCUT2D eigenvalue weighted by atomic mass is 16.5. The molecule has 0 spiro atoms. The minimum absolute atomic E-state index is 0.225. The highest BCUT2D eigenvalue weighted by molar-refractivity contribution is 5.93. The third kappa shape index (κ3) is 4.56. The standard InChI is InChI=1S/C22H27N5O2/c1-5-26(20-12-7-6-9-16(20)2)14-13-23-22(28)21-17(3)27(25-24-21)18-10-8-11-19(15-18)29-4/h6-12,15H,5,13-14H2,1-4H3,(H,23,28). The molecule has 0 saturated heterocycles. The molecule has 1 amide bonds. The van der Waals surface area contributed by atoms with Crippen molar-refractivity contribution in [2.75, 3.05) is 31.6 Å². The molecule has 1 N–H and O–H groups in total. The number of carbonyl (C=O) groups excluding carboxylic acids is 1. The molecule has 3 rings (SSSR count). The quantitative estimate of drug-likeness (QED) is 0.637. The SMILES string of the molecule is CCN(CCNC(=O)c1nnn(-c2cccc(OC)c2)c1C)c1ccccc1C. The lowest BCUT2D eigenvalue weighted by atomic mass is 10.2. The van der Waals surface area contributed by atoms with Gasteiger partial charge in [-0.05, 0) is 44.5 Å². The third-order valence-corrected chi connectivity index (χ3v) is 4.91. The number of hydrogen-bond donors (Lipinski definition) is 1. The van der Waals surface area contributed by atoms with E-state index in [1.54, 1.807) is 11.8 Å². The number of aryl methyl sites for hydroxylation is 1. The average Bonchev–Trinajstić information content (AvgIpc) is 3.13. The van der Waals surface area contributed by atoms with E-state index in [4.69, 9.17) is 4.74 Å². The van der Waals surface area contributed by atoms with Gasteiger partial charge in [0.15, 0.2) is 5.69 Å². The zero-order valence-electron chi connectivity index (χ0n) is 17.3. The molecule has 0 radical (unpaired) electrons. The van der Waals surface area contributed by atoms with Crippen molar-refractivity contribution in [3.63, 3.8) is 0 Å². The number of amides is 1. The van der Waals surface area contributed by atoms with Gasteiger partial charge >= 0.3 is 0 Å². The van der Waals surface area contributed by atoms with E-state index in [1.165, 1.54) is 11.3 Å². The van der Waals surface area contributed by atoms with Gasteiger partial charge in [-0.25, -0.2) is 4.68 Å². The first-order valence-corrected chi connectivity index (χ1v) is 9.70. The summed E-state index contributed by atoms with van der Waals surface area (Å²) in [6.45, 7) is 8.14. The molecule has 0 aliphatic heterocycles. The average molecular weight is 393 g/mol. The van der Waals surface area contributed by atoms with Crippen LogP contribution in [0.3, 0.4) is 0 Å². The molecular formula is C22H27N5O2. The van der Waals surface area contributed by atoms with Gasteiger partial charge in [-0.3, -0.25) is 4.79 Å². The molecule has 0 fully saturated rings. The van der Waals surface area contributed by atoms with Crippen molar-refractivity contribution >= 4 is 11.6 Å². The molecule has 2 aromatic carbocycles. The number of methoxy groups -OCH3 is 1. The van der Waals surface area contributed by atoms with Crippen molar-refractivity contribution in [3.05, 3.63) is 65.5 Å². The number of carbonyl (C=O) groups is 1. The monoisotopic (exact) mass is 393 g/mol. The van der Waals surface area contributed by atoms with Crippen molar-refractivity contribution in [2.45, 2.75) is 20.8 Å². The number of aromatic nitrogens is 3. The molecule has 0 bridgehead atoms. The van der Waals surface area contributed by atoms with Crippen LogP contribution in [-0.4, -0.2) is 47.6 Å². The van der Waals surface area contributed by atoms with E-state index in [2.05, 4.69) is 46.5 Å². The summed E-state index contributed by atoms with van der Waals surface area (Å²) in [5, 5.41) is 11.2. The van der Waals surface area contributed by atoms with Crippen molar-refractivity contribution < 1.29 is 9.53 Å². The van der Waals surface area contributed by atoms with Crippen molar-refractivity contribution in [1.82, 2.24) is 20.3 Å². The number of nitrogens with zero attached hydrogens (tertiary/aromatic N) is 4. The molecule has 7 heteroatoms. The predicted octanol–water partition coefficient (Wildman–Crippen LogP) is 3.15. The van der Waals surface area contributed by atoms with Crippen molar-refractivity contribution in [1.29, 1.82) is 0 Å². The van der Waals surface area contributed by atoms with Gasteiger partial charge in [-0.15, -0.1) is 5.10 Å². The van der Waals surface area contributed by atoms with E-state index in [1.807, 2.05) is 43.3 Å². The van der Waals surface area contributed by atoms with Crippen LogP contribution in [0.1, 0.15) is 28.7 Å². The van der Waals surface area contributed by atoms with Gasteiger partial charge in [0, 0.05) is 31.4 Å². The fraction of sp³-hybridized carbons (Fsp3) is 0.318. The summed E-state index contributed by atoms with van der Waals surface area (Å²) < 4.78 is 6.90. The Morgan fingerprint density at radius 1 is 1.17 bits per heavy atom. The highest BCUT2D eigenvalue weighted by Gasteiger charge is 2.17. The number of nitrogens with one attached hydrogen (secondary N) is 1. The van der Waals surface area contributed by atoms with Crippen LogP contribution in [0.25, 0.3) is 5.69 Å². The normalized spacial score (nSPS) is 10.6. The number of para-hydroxylation sites is 1. The Morgan fingerprint density at radius 2 is 1.97 bits per heavy atom. The molecule has 29 heavy (non-hydrogen) atoms. The number of hydrogen-bond acceptors (Lipinski definition) is 5. The summed E-state index contributed by atoms with van der Waals surface area (Å²) in [5.74, 6) is 0.497. The molecule has 0 saturated carbocycles. The maximum Gasteiger partial charge on any atom is 0.273 e. The number of ether oxygens (including phenoxy) is 1. The van der Waals surface area contributed by atoms with Crippen LogP contribution in [-0.2, 0) is 0 Å². The van der Waals surface area contributed by atoms with Gasteiger partial charge in [-0.2, -0.15) is 0 Å². The molecule has 3 aromatic rings. The van der Waals surface area contributed by atoms with E-state index in [0.29, 0.717) is 17.9 Å². The van der Waals surface area contributed by atoms with Gasteiger partial charge < -0.3 is 15.0 Å². The second-order valence-corrected chi connectivity index (χ2v) is 6.76. The number of rotatable bonds is 8. The maximum absolute atomic E-state index is 12.6. The van der Waals surface area contributed by atoms with Crippen LogP contribution in [0.2, 0.25) is 0 Å². The van der Waals surface area contributed by atoms with Crippen LogP contribution in [0.15, 0.2) is 48.5 Å². The van der Waals surface area contributed by atoms with Crippen LogP contribution in [0, 0.1) is 13.8 Å². The van der Waals surface area contributed by atoms with E-state index in [-0.39, 0.29) is 5.91 Å². The second kappa shape index (κ2) is 9.23. The highest BCUT2D eigenvalue weighted by Crippen LogP contribution is 2.19. The van der Waals surface area contributed by atoms with Crippen LogP contribution in [0.5, 0.6) is 5.75 Å². The van der Waals surface area contributed by atoms with Crippen molar-refractivity contribution in [3.8, 4) is 11.4 Å². The summed E-state index contributed by atoms with van der Waals surface area (Å²) >= 11 is 0. The van der Waals surface area contributed by atoms with E-state index < -0.39 is 0 Å². The van der Waals surface area contributed by atoms with Crippen LogP contribution < -0.4 is 15.0 Å². The molecule has 0 unspecified atom stereocenters. The molecule has 152 valence electrons. The molecule has 1 heterocycles. The minimum atomic E-state index is -0.225. The fourth-order valence-electron chi connectivity index (χ4n) is 3.28. The fourth-order valence-corrected chi connectivity index (χ4v) is 3.28. The first-order valence-electron chi connectivity index (χ1n) is 9.70. The summed E-state index contributed by atoms with van der Waals surface area (Å²) in [4.78, 5) is 14.9. The van der Waals surface area contributed by atoms with E-state index in [0.717, 1.165) is 24.5 Å². The first kappa shape index (κ1) is 20.4. The Hall–Kier alpha value is -3.35. The lowest BCUT2D eigenvalue weighted by Crippen LogP contribution is -2.35. The summed E-state index contributed by atoms with van der Waals surface area (Å²) in [6.07, 6.45) is 0. The summed E-state index contributed by atoms with van der Waals surface area (Å²) in [5.41, 5.74) is 4.21. The lowest BCUT2D eigenvalue weighted by molar-refractivity contribution is 0.0949. The van der Waals surface area contributed by atoms with Crippen LogP contribution >= 0.6 is 0 Å².